The van der Waals surface area contributed by atoms with E-state index in [9.17, 15) is 4.79 Å². The molecule has 1 N–H and O–H groups in total. The molecule has 0 aliphatic carbocycles. The van der Waals surface area contributed by atoms with Gasteiger partial charge in [0.1, 0.15) is 5.75 Å². The number of hydrogen-bond donors (Lipinski definition) is 1. The monoisotopic (exact) mass is 371 g/mol. The summed E-state index contributed by atoms with van der Waals surface area (Å²) < 4.78 is 16.7. The summed E-state index contributed by atoms with van der Waals surface area (Å²) in [6.45, 7) is 5.12. The zero-order chi connectivity index (χ0) is 19.5. The number of para-hydroxylation sites is 3. The summed E-state index contributed by atoms with van der Waals surface area (Å²) >= 11 is 0. The summed E-state index contributed by atoms with van der Waals surface area (Å²) in [6.07, 6.45) is 2.07. The SMILES string of the molecule is CCCOc1ccccc1CCCNC(=O)[C@H](C)Oc1ccccc1OC. The first-order valence-electron chi connectivity index (χ1n) is 9.43. The Morgan fingerprint density at radius 1 is 1.04 bits per heavy atom. The van der Waals surface area contributed by atoms with Crippen LogP contribution in [-0.2, 0) is 11.2 Å². The maximum atomic E-state index is 12.3. The van der Waals surface area contributed by atoms with E-state index in [1.807, 2.05) is 30.3 Å². The molecule has 5 heteroatoms. The third kappa shape index (κ3) is 6.51. The van der Waals surface area contributed by atoms with Crippen LogP contribution in [0.25, 0.3) is 0 Å². The topological polar surface area (TPSA) is 56.8 Å². The van der Waals surface area contributed by atoms with E-state index < -0.39 is 6.10 Å². The van der Waals surface area contributed by atoms with Crippen molar-refractivity contribution in [2.45, 2.75) is 39.2 Å². The Morgan fingerprint density at radius 2 is 1.70 bits per heavy atom. The third-order valence-corrected chi connectivity index (χ3v) is 4.10. The second kappa shape index (κ2) is 11.1. The fourth-order valence-electron chi connectivity index (χ4n) is 2.66. The highest BCUT2D eigenvalue weighted by atomic mass is 16.5. The molecule has 0 aliphatic heterocycles. The molecule has 2 aromatic rings. The molecule has 146 valence electrons. The Bertz CT molecular complexity index is 717. The van der Waals surface area contributed by atoms with Gasteiger partial charge in [-0.2, -0.15) is 0 Å². The number of methoxy groups -OCH3 is 1. The van der Waals surface area contributed by atoms with Crippen LogP contribution in [-0.4, -0.2) is 32.3 Å². The quantitative estimate of drug-likeness (QED) is 0.607. The summed E-state index contributed by atoms with van der Waals surface area (Å²) in [7, 11) is 1.58. The van der Waals surface area contributed by atoms with Crippen LogP contribution in [0.3, 0.4) is 0 Å². The molecule has 2 rings (SSSR count). The van der Waals surface area contributed by atoms with Crippen LogP contribution in [0.4, 0.5) is 0 Å². The van der Waals surface area contributed by atoms with Crippen molar-refractivity contribution in [3.63, 3.8) is 0 Å². The number of hydrogen-bond acceptors (Lipinski definition) is 4. The van der Waals surface area contributed by atoms with Crippen molar-refractivity contribution in [2.75, 3.05) is 20.3 Å². The predicted octanol–water partition coefficient (Wildman–Crippen LogP) is 4.00. The van der Waals surface area contributed by atoms with E-state index in [1.165, 1.54) is 5.56 Å². The fraction of sp³-hybridized carbons (Fsp3) is 0.409. The molecule has 0 spiro atoms. The Kier molecular flexibility index (Phi) is 8.49. The highest BCUT2D eigenvalue weighted by Crippen LogP contribution is 2.26. The van der Waals surface area contributed by atoms with Crippen LogP contribution in [0.1, 0.15) is 32.3 Å². The summed E-state index contributed by atoms with van der Waals surface area (Å²) in [5.74, 6) is 1.96. The summed E-state index contributed by atoms with van der Waals surface area (Å²) in [6, 6.07) is 15.4. The average Bonchev–Trinajstić information content (AvgIpc) is 2.70. The maximum absolute atomic E-state index is 12.3. The van der Waals surface area contributed by atoms with Gasteiger partial charge < -0.3 is 19.5 Å². The van der Waals surface area contributed by atoms with Crippen molar-refractivity contribution in [3.8, 4) is 17.2 Å². The number of carbonyl (C=O) groups is 1. The van der Waals surface area contributed by atoms with Crippen molar-refractivity contribution in [2.24, 2.45) is 0 Å². The van der Waals surface area contributed by atoms with Gasteiger partial charge in [-0.1, -0.05) is 37.3 Å². The minimum Gasteiger partial charge on any atom is -0.493 e. The van der Waals surface area contributed by atoms with E-state index in [4.69, 9.17) is 14.2 Å². The maximum Gasteiger partial charge on any atom is 0.260 e. The molecule has 0 aliphatic rings. The normalized spacial score (nSPS) is 11.5. The van der Waals surface area contributed by atoms with Gasteiger partial charge in [0.2, 0.25) is 0 Å². The van der Waals surface area contributed by atoms with Crippen LogP contribution < -0.4 is 19.5 Å². The molecule has 1 atom stereocenters. The van der Waals surface area contributed by atoms with Crippen LogP contribution in [0, 0.1) is 0 Å². The molecule has 0 saturated carbocycles. The molecule has 5 nitrogen and oxygen atoms in total. The lowest BCUT2D eigenvalue weighted by atomic mass is 10.1. The van der Waals surface area contributed by atoms with Gasteiger partial charge in [0, 0.05) is 6.54 Å². The average molecular weight is 371 g/mol. The summed E-state index contributed by atoms with van der Waals surface area (Å²) in [5, 5.41) is 2.93. The van der Waals surface area contributed by atoms with Gasteiger partial charge >= 0.3 is 0 Å². The standard InChI is InChI=1S/C22H29NO4/c1-4-16-26-19-12-6-5-10-18(19)11-9-15-23-22(24)17(2)27-21-14-8-7-13-20(21)25-3/h5-8,10,12-14,17H,4,9,11,15-16H2,1-3H3,(H,23,24)/t17-/m0/s1. The lowest BCUT2D eigenvalue weighted by Gasteiger charge is -2.16. The Balaban J connectivity index is 1.77. The Morgan fingerprint density at radius 3 is 2.41 bits per heavy atom. The summed E-state index contributed by atoms with van der Waals surface area (Å²) in [4.78, 5) is 12.3. The largest absolute Gasteiger partial charge is 0.493 e. The van der Waals surface area contributed by atoms with E-state index in [2.05, 4.69) is 18.3 Å². The first-order chi connectivity index (χ1) is 13.2. The molecule has 27 heavy (non-hydrogen) atoms. The molecule has 0 aromatic heterocycles. The van der Waals surface area contributed by atoms with E-state index in [-0.39, 0.29) is 5.91 Å². The predicted molar refractivity (Wildman–Crippen MR) is 107 cm³/mol. The first-order valence-corrected chi connectivity index (χ1v) is 9.43. The lowest BCUT2D eigenvalue weighted by molar-refractivity contribution is -0.127. The number of nitrogens with one attached hydrogen (secondary N) is 1. The van der Waals surface area contributed by atoms with Crippen LogP contribution in [0.2, 0.25) is 0 Å². The molecule has 0 bridgehead atoms. The van der Waals surface area contributed by atoms with Gasteiger partial charge in [-0.3, -0.25) is 4.79 Å². The number of rotatable bonds is 11. The molecule has 2 aromatic carbocycles. The smallest absolute Gasteiger partial charge is 0.260 e. The molecule has 0 heterocycles. The van der Waals surface area contributed by atoms with Crippen molar-refractivity contribution in [1.29, 1.82) is 0 Å². The van der Waals surface area contributed by atoms with Crippen LogP contribution >= 0.6 is 0 Å². The minimum absolute atomic E-state index is 0.142. The van der Waals surface area contributed by atoms with Gasteiger partial charge in [0.05, 0.1) is 13.7 Å². The molecular weight excluding hydrogens is 342 g/mol. The van der Waals surface area contributed by atoms with E-state index >= 15 is 0 Å². The van der Waals surface area contributed by atoms with Crippen LogP contribution in [0.5, 0.6) is 17.2 Å². The molecule has 0 unspecified atom stereocenters. The van der Waals surface area contributed by atoms with Gasteiger partial charge in [0.25, 0.3) is 5.91 Å². The number of aryl methyl sites for hydroxylation is 1. The third-order valence-electron chi connectivity index (χ3n) is 4.10. The zero-order valence-electron chi connectivity index (χ0n) is 16.4. The van der Waals surface area contributed by atoms with Crippen molar-refractivity contribution >= 4 is 5.91 Å². The Hall–Kier alpha value is -2.69. The van der Waals surface area contributed by atoms with Gasteiger partial charge in [-0.25, -0.2) is 0 Å². The number of benzene rings is 2. The molecule has 1 amide bonds. The van der Waals surface area contributed by atoms with E-state index in [1.54, 1.807) is 26.2 Å². The number of ether oxygens (including phenoxy) is 3. The Labute approximate surface area is 161 Å². The zero-order valence-corrected chi connectivity index (χ0v) is 16.4. The molecule has 0 fully saturated rings. The minimum atomic E-state index is -0.596. The lowest BCUT2D eigenvalue weighted by Crippen LogP contribution is -2.37. The molecular formula is C22H29NO4. The second-order valence-electron chi connectivity index (χ2n) is 6.26. The number of amides is 1. The fourth-order valence-corrected chi connectivity index (χ4v) is 2.66. The molecule has 0 saturated heterocycles. The van der Waals surface area contributed by atoms with Gasteiger partial charge in [0.15, 0.2) is 17.6 Å². The van der Waals surface area contributed by atoms with Gasteiger partial charge in [-0.15, -0.1) is 0 Å². The van der Waals surface area contributed by atoms with Crippen molar-refractivity contribution < 1.29 is 19.0 Å². The van der Waals surface area contributed by atoms with Gasteiger partial charge in [-0.05, 0) is 49.9 Å². The van der Waals surface area contributed by atoms with E-state index in [0.29, 0.717) is 24.7 Å². The highest BCUT2D eigenvalue weighted by Gasteiger charge is 2.16. The first kappa shape index (κ1) is 20.6. The highest BCUT2D eigenvalue weighted by molar-refractivity contribution is 5.80. The second-order valence-corrected chi connectivity index (χ2v) is 6.26. The molecule has 0 radical (unpaired) electrons. The van der Waals surface area contributed by atoms with E-state index in [0.717, 1.165) is 25.0 Å². The van der Waals surface area contributed by atoms with Crippen molar-refractivity contribution in [1.82, 2.24) is 5.32 Å². The van der Waals surface area contributed by atoms with Crippen molar-refractivity contribution in [3.05, 3.63) is 54.1 Å². The number of carbonyl (C=O) groups excluding carboxylic acids is 1. The van der Waals surface area contributed by atoms with Crippen LogP contribution in [0.15, 0.2) is 48.5 Å². The summed E-state index contributed by atoms with van der Waals surface area (Å²) in [5.41, 5.74) is 1.17.